The van der Waals surface area contributed by atoms with E-state index in [0.717, 1.165) is 30.0 Å². The van der Waals surface area contributed by atoms with Gasteiger partial charge >= 0.3 is 0 Å². The number of nitrogens with zero attached hydrogens (tertiary/aromatic N) is 2. The molecule has 4 amide bonds. The summed E-state index contributed by atoms with van der Waals surface area (Å²) in [7, 11) is 0. The van der Waals surface area contributed by atoms with Gasteiger partial charge in [0.15, 0.2) is 0 Å². The second-order valence-corrected chi connectivity index (χ2v) is 7.62. The van der Waals surface area contributed by atoms with Gasteiger partial charge in [-0.1, -0.05) is 0 Å². The van der Waals surface area contributed by atoms with Crippen molar-refractivity contribution in [3.8, 4) is 0 Å². The summed E-state index contributed by atoms with van der Waals surface area (Å²) in [5, 5.41) is 2.19. The van der Waals surface area contributed by atoms with Crippen LogP contribution in [0, 0.1) is 17.8 Å². The summed E-state index contributed by atoms with van der Waals surface area (Å²) in [6.45, 7) is 1.54. The third-order valence-electron chi connectivity index (χ3n) is 6.21. The van der Waals surface area contributed by atoms with Crippen LogP contribution in [0.4, 0.5) is 5.69 Å². The smallest absolute Gasteiger partial charge is 0.262 e. The molecule has 0 bridgehead atoms. The number of anilines is 1. The predicted octanol–water partition coefficient (Wildman–Crippen LogP) is -0.0311. The maximum atomic E-state index is 12.8. The molecule has 3 aliphatic heterocycles. The zero-order valence-electron chi connectivity index (χ0n) is 14.4. The SMILES string of the molecule is O=CC1C2CN(c3ccc4c(c3)C(=O)N(C3CCC(=O)NC3=O)C4=O)CC12. The number of aldehydes is 1. The number of piperidine rings is 2. The van der Waals surface area contributed by atoms with Crippen LogP contribution in [0.2, 0.25) is 0 Å². The quantitative estimate of drug-likeness (QED) is 0.594. The van der Waals surface area contributed by atoms with Gasteiger partial charge in [-0.2, -0.15) is 0 Å². The third kappa shape index (κ3) is 2.25. The second kappa shape index (κ2) is 5.48. The van der Waals surface area contributed by atoms with E-state index in [0.29, 0.717) is 11.8 Å². The topological polar surface area (TPSA) is 104 Å². The summed E-state index contributed by atoms with van der Waals surface area (Å²) < 4.78 is 0. The van der Waals surface area contributed by atoms with Crippen LogP contribution in [0.1, 0.15) is 33.6 Å². The van der Waals surface area contributed by atoms with Crippen LogP contribution in [-0.4, -0.2) is 53.9 Å². The lowest BCUT2D eigenvalue weighted by Gasteiger charge is -2.27. The summed E-state index contributed by atoms with van der Waals surface area (Å²) in [6, 6.07) is 4.17. The van der Waals surface area contributed by atoms with Crippen molar-refractivity contribution in [1.82, 2.24) is 10.2 Å². The standard InChI is InChI=1S/C19H17N3O5/c23-8-14-12-6-21(7-13(12)14)9-1-2-10-11(5-9)19(27)22(18(10)26)15-3-4-16(24)20-17(15)25/h1-2,5,8,12-15H,3-4,6-7H2,(H,20,24,25). The van der Waals surface area contributed by atoms with Crippen LogP contribution in [0.5, 0.6) is 0 Å². The molecular weight excluding hydrogens is 350 g/mol. The van der Waals surface area contributed by atoms with Crippen LogP contribution in [0.15, 0.2) is 18.2 Å². The molecule has 0 radical (unpaired) electrons. The van der Waals surface area contributed by atoms with Crippen molar-refractivity contribution in [3.63, 3.8) is 0 Å². The number of amides is 4. The monoisotopic (exact) mass is 367 g/mol. The highest BCUT2D eigenvalue weighted by Gasteiger charge is 2.55. The highest BCUT2D eigenvalue weighted by molar-refractivity contribution is 6.23. The van der Waals surface area contributed by atoms with Gasteiger partial charge in [0.25, 0.3) is 11.8 Å². The predicted molar refractivity (Wildman–Crippen MR) is 91.9 cm³/mol. The Morgan fingerprint density at radius 3 is 2.37 bits per heavy atom. The highest BCUT2D eigenvalue weighted by atomic mass is 16.2. The Morgan fingerprint density at radius 2 is 1.70 bits per heavy atom. The molecule has 5 rings (SSSR count). The zero-order valence-corrected chi connectivity index (χ0v) is 14.4. The Kier molecular flexibility index (Phi) is 3.28. The molecule has 3 unspecified atom stereocenters. The number of benzene rings is 1. The molecule has 3 atom stereocenters. The van der Waals surface area contributed by atoms with Gasteiger partial charge in [-0.25, -0.2) is 0 Å². The highest BCUT2D eigenvalue weighted by Crippen LogP contribution is 2.51. The van der Waals surface area contributed by atoms with E-state index in [9.17, 15) is 24.0 Å². The molecule has 138 valence electrons. The summed E-state index contributed by atoms with van der Waals surface area (Å²) in [5.74, 6) is -1.08. The molecule has 1 aliphatic carbocycles. The van der Waals surface area contributed by atoms with Gasteiger partial charge in [-0.15, -0.1) is 0 Å². The van der Waals surface area contributed by atoms with E-state index in [1.54, 1.807) is 18.2 Å². The molecule has 3 heterocycles. The van der Waals surface area contributed by atoms with E-state index in [2.05, 4.69) is 10.2 Å². The van der Waals surface area contributed by atoms with Crippen LogP contribution in [0.25, 0.3) is 0 Å². The third-order valence-corrected chi connectivity index (χ3v) is 6.21. The fraction of sp³-hybridized carbons (Fsp3) is 0.421. The van der Waals surface area contributed by atoms with Crippen LogP contribution in [0.3, 0.4) is 0 Å². The summed E-state index contributed by atoms with van der Waals surface area (Å²) >= 11 is 0. The molecule has 3 fully saturated rings. The summed E-state index contributed by atoms with van der Waals surface area (Å²) in [6.07, 6.45) is 1.27. The van der Waals surface area contributed by atoms with Gasteiger partial charge in [0.2, 0.25) is 11.8 Å². The molecular formula is C19H17N3O5. The zero-order chi connectivity index (χ0) is 18.9. The van der Waals surface area contributed by atoms with Crippen molar-refractivity contribution in [1.29, 1.82) is 0 Å². The van der Waals surface area contributed by atoms with Crippen LogP contribution >= 0.6 is 0 Å². The average Bonchev–Trinajstić information content (AvgIpc) is 3.00. The minimum Gasteiger partial charge on any atom is -0.371 e. The first-order chi connectivity index (χ1) is 13.0. The van der Waals surface area contributed by atoms with Crippen LogP contribution < -0.4 is 10.2 Å². The van der Waals surface area contributed by atoms with E-state index < -0.39 is 29.7 Å². The van der Waals surface area contributed by atoms with E-state index in [1.165, 1.54) is 0 Å². The number of imide groups is 2. The number of hydrogen-bond donors (Lipinski definition) is 1. The first-order valence-corrected chi connectivity index (χ1v) is 9.05. The lowest BCUT2D eigenvalue weighted by molar-refractivity contribution is -0.136. The van der Waals surface area contributed by atoms with Crippen LogP contribution in [-0.2, 0) is 14.4 Å². The second-order valence-electron chi connectivity index (χ2n) is 7.62. The Morgan fingerprint density at radius 1 is 1.00 bits per heavy atom. The molecule has 4 aliphatic rings. The molecule has 0 spiro atoms. The normalized spacial score (nSPS) is 31.7. The number of carbonyl (C=O) groups excluding carboxylic acids is 5. The Bertz CT molecular complexity index is 914. The van der Waals surface area contributed by atoms with E-state index in [1.807, 2.05) is 0 Å². The molecule has 1 aromatic carbocycles. The minimum atomic E-state index is -0.952. The van der Waals surface area contributed by atoms with Gasteiger partial charge < -0.3 is 9.69 Å². The van der Waals surface area contributed by atoms with Crippen molar-refractivity contribution in [2.24, 2.45) is 17.8 Å². The van der Waals surface area contributed by atoms with Crippen molar-refractivity contribution in [3.05, 3.63) is 29.3 Å². The summed E-state index contributed by atoms with van der Waals surface area (Å²) in [4.78, 5) is 63.0. The molecule has 1 saturated carbocycles. The maximum Gasteiger partial charge on any atom is 0.262 e. The number of fused-ring (bicyclic) bond motifs is 2. The van der Waals surface area contributed by atoms with Gasteiger partial charge in [0.1, 0.15) is 12.3 Å². The number of nitrogens with one attached hydrogen (secondary N) is 1. The Hall–Kier alpha value is -3.03. The molecule has 2 saturated heterocycles. The van der Waals surface area contributed by atoms with Crippen molar-refractivity contribution in [2.45, 2.75) is 18.9 Å². The molecule has 0 aromatic heterocycles. The Balaban J connectivity index is 1.40. The lowest BCUT2D eigenvalue weighted by atomic mass is 10.0. The van der Waals surface area contributed by atoms with E-state index in [-0.39, 0.29) is 29.9 Å². The molecule has 8 nitrogen and oxygen atoms in total. The molecule has 1 N–H and O–H groups in total. The fourth-order valence-corrected chi connectivity index (χ4v) is 4.64. The van der Waals surface area contributed by atoms with E-state index in [4.69, 9.17) is 0 Å². The van der Waals surface area contributed by atoms with E-state index >= 15 is 0 Å². The molecule has 8 heteroatoms. The van der Waals surface area contributed by atoms with Gasteiger partial charge in [0, 0.05) is 31.1 Å². The number of hydrogen-bond acceptors (Lipinski definition) is 6. The molecule has 1 aromatic rings. The van der Waals surface area contributed by atoms with Gasteiger partial charge in [-0.05, 0) is 36.5 Å². The van der Waals surface area contributed by atoms with Crippen molar-refractivity contribution >= 4 is 35.6 Å². The number of carbonyl (C=O) groups is 5. The number of rotatable bonds is 3. The van der Waals surface area contributed by atoms with Gasteiger partial charge in [-0.3, -0.25) is 29.4 Å². The fourth-order valence-electron chi connectivity index (χ4n) is 4.64. The van der Waals surface area contributed by atoms with Crippen molar-refractivity contribution < 1.29 is 24.0 Å². The first-order valence-electron chi connectivity index (χ1n) is 9.05. The van der Waals surface area contributed by atoms with Crippen molar-refractivity contribution in [2.75, 3.05) is 18.0 Å². The minimum absolute atomic E-state index is 0.101. The molecule has 27 heavy (non-hydrogen) atoms. The largest absolute Gasteiger partial charge is 0.371 e. The lowest BCUT2D eigenvalue weighted by Crippen LogP contribution is -2.54. The Labute approximate surface area is 154 Å². The van der Waals surface area contributed by atoms with Gasteiger partial charge in [0.05, 0.1) is 11.1 Å². The maximum absolute atomic E-state index is 12.8. The first kappa shape index (κ1) is 16.2. The average molecular weight is 367 g/mol. The summed E-state index contributed by atoms with van der Waals surface area (Å²) in [5.41, 5.74) is 1.41.